The van der Waals surface area contributed by atoms with Crippen LogP contribution in [0.1, 0.15) is 21.7 Å². The molecule has 0 aliphatic heterocycles. The third kappa shape index (κ3) is 4.05. The van der Waals surface area contributed by atoms with Crippen LogP contribution in [0, 0.1) is 13.8 Å². The summed E-state index contributed by atoms with van der Waals surface area (Å²) in [6.45, 7) is 4.99. The molecule has 0 radical (unpaired) electrons. The number of hydrogen-bond acceptors (Lipinski definition) is 4. The van der Waals surface area contributed by atoms with Crippen LogP contribution in [0.2, 0.25) is 0 Å². The summed E-state index contributed by atoms with van der Waals surface area (Å²) in [5.41, 5.74) is 1.82. The lowest BCUT2D eigenvalue weighted by atomic mass is 10.1. The number of hydrogen-bond donors (Lipinski definition) is 2. The number of carbonyl (C=O) groups excluding carboxylic acids is 1. The average molecular weight is 270 g/mol. The highest BCUT2D eigenvalue weighted by atomic mass is 16.1. The second-order valence-corrected chi connectivity index (χ2v) is 4.54. The van der Waals surface area contributed by atoms with Crippen molar-refractivity contribution >= 4 is 11.7 Å². The summed E-state index contributed by atoms with van der Waals surface area (Å²) in [7, 11) is 0. The first-order chi connectivity index (χ1) is 9.65. The first kappa shape index (κ1) is 14.0. The van der Waals surface area contributed by atoms with Gasteiger partial charge in [0.1, 0.15) is 11.6 Å². The Kier molecular flexibility index (Phi) is 4.65. The Morgan fingerprint density at radius 1 is 1.10 bits per heavy atom. The van der Waals surface area contributed by atoms with Crippen molar-refractivity contribution in [2.45, 2.75) is 13.8 Å². The normalized spacial score (nSPS) is 10.1. The van der Waals surface area contributed by atoms with Gasteiger partial charge in [-0.3, -0.25) is 4.79 Å². The SMILES string of the molecule is Cc1ccc(C(=O)NCCNc2ccnc(C)n2)cc1. The van der Waals surface area contributed by atoms with Crippen molar-refractivity contribution in [1.29, 1.82) is 0 Å². The maximum Gasteiger partial charge on any atom is 0.251 e. The highest BCUT2D eigenvalue weighted by molar-refractivity contribution is 5.94. The van der Waals surface area contributed by atoms with Gasteiger partial charge >= 0.3 is 0 Å². The van der Waals surface area contributed by atoms with E-state index >= 15 is 0 Å². The van der Waals surface area contributed by atoms with E-state index in [2.05, 4.69) is 20.6 Å². The Labute approximate surface area is 118 Å². The largest absolute Gasteiger partial charge is 0.368 e. The van der Waals surface area contributed by atoms with Crippen molar-refractivity contribution in [3.63, 3.8) is 0 Å². The zero-order valence-electron chi connectivity index (χ0n) is 11.7. The van der Waals surface area contributed by atoms with Crippen LogP contribution in [0.5, 0.6) is 0 Å². The van der Waals surface area contributed by atoms with Crippen LogP contribution in [0.3, 0.4) is 0 Å². The fourth-order valence-corrected chi connectivity index (χ4v) is 1.73. The molecule has 0 spiro atoms. The van der Waals surface area contributed by atoms with Gasteiger partial charge in [-0.05, 0) is 32.0 Å². The Bertz CT molecular complexity index is 581. The number of benzene rings is 1. The lowest BCUT2D eigenvalue weighted by Crippen LogP contribution is -2.28. The molecule has 0 bridgehead atoms. The monoisotopic (exact) mass is 270 g/mol. The summed E-state index contributed by atoms with van der Waals surface area (Å²) in [6, 6.07) is 9.31. The molecule has 104 valence electrons. The molecule has 1 heterocycles. The molecule has 2 N–H and O–H groups in total. The van der Waals surface area contributed by atoms with E-state index in [0.29, 0.717) is 18.7 Å². The van der Waals surface area contributed by atoms with Gasteiger partial charge < -0.3 is 10.6 Å². The number of aryl methyl sites for hydroxylation is 2. The lowest BCUT2D eigenvalue weighted by molar-refractivity contribution is 0.0955. The van der Waals surface area contributed by atoms with Crippen molar-refractivity contribution in [1.82, 2.24) is 15.3 Å². The maximum atomic E-state index is 11.9. The van der Waals surface area contributed by atoms with Crippen LogP contribution in [0.25, 0.3) is 0 Å². The number of aromatic nitrogens is 2. The van der Waals surface area contributed by atoms with E-state index in [1.807, 2.05) is 38.1 Å². The molecule has 0 atom stereocenters. The predicted octanol–water partition coefficient (Wildman–Crippen LogP) is 1.94. The quantitative estimate of drug-likeness (QED) is 0.815. The number of nitrogens with zero attached hydrogens (tertiary/aromatic N) is 2. The smallest absolute Gasteiger partial charge is 0.251 e. The van der Waals surface area contributed by atoms with E-state index < -0.39 is 0 Å². The van der Waals surface area contributed by atoms with E-state index in [0.717, 1.165) is 17.2 Å². The second kappa shape index (κ2) is 6.65. The first-order valence-electron chi connectivity index (χ1n) is 6.53. The summed E-state index contributed by atoms with van der Waals surface area (Å²) in [4.78, 5) is 20.1. The van der Waals surface area contributed by atoms with Gasteiger partial charge in [0, 0.05) is 24.8 Å². The van der Waals surface area contributed by atoms with E-state index in [1.165, 1.54) is 0 Å². The van der Waals surface area contributed by atoms with Gasteiger partial charge in [-0.25, -0.2) is 9.97 Å². The van der Waals surface area contributed by atoms with Crippen molar-refractivity contribution in [3.8, 4) is 0 Å². The Hall–Kier alpha value is -2.43. The number of rotatable bonds is 5. The Morgan fingerprint density at radius 2 is 1.85 bits per heavy atom. The molecule has 5 nitrogen and oxygen atoms in total. The molecule has 0 fully saturated rings. The zero-order chi connectivity index (χ0) is 14.4. The van der Waals surface area contributed by atoms with Crippen LogP contribution in [-0.4, -0.2) is 29.0 Å². The maximum absolute atomic E-state index is 11.9. The number of carbonyl (C=O) groups is 1. The molecule has 1 amide bonds. The molecular weight excluding hydrogens is 252 g/mol. The van der Waals surface area contributed by atoms with Gasteiger partial charge in [0.05, 0.1) is 0 Å². The van der Waals surface area contributed by atoms with Crippen LogP contribution in [0.15, 0.2) is 36.5 Å². The molecule has 5 heteroatoms. The molecule has 1 aromatic carbocycles. The average Bonchev–Trinajstić information content (AvgIpc) is 2.44. The fourth-order valence-electron chi connectivity index (χ4n) is 1.73. The molecular formula is C15H18N4O. The predicted molar refractivity (Wildman–Crippen MR) is 78.8 cm³/mol. The van der Waals surface area contributed by atoms with Crippen LogP contribution >= 0.6 is 0 Å². The van der Waals surface area contributed by atoms with E-state index in [1.54, 1.807) is 12.3 Å². The van der Waals surface area contributed by atoms with E-state index in [9.17, 15) is 4.79 Å². The Morgan fingerprint density at radius 3 is 2.55 bits per heavy atom. The van der Waals surface area contributed by atoms with Gasteiger partial charge in [0.15, 0.2) is 0 Å². The topological polar surface area (TPSA) is 66.9 Å². The van der Waals surface area contributed by atoms with Gasteiger partial charge in [-0.1, -0.05) is 17.7 Å². The second-order valence-electron chi connectivity index (χ2n) is 4.54. The summed E-state index contributed by atoms with van der Waals surface area (Å²) in [5, 5.41) is 5.99. The molecule has 0 saturated heterocycles. The minimum Gasteiger partial charge on any atom is -0.368 e. The summed E-state index contributed by atoms with van der Waals surface area (Å²) in [6.07, 6.45) is 1.70. The van der Waals surface area contributed by atoms with Gasteiger partial charge in [-0.15, -0.1) is 0 Å². The van der Waals surface area contributed by atoms with Gasteiger partial charge in [0.2, 0.25) is 0 Å². The van der Waals surface area contributed by atoms with Crippen LogP contribution < -0.4 is 10.6 Å². The Balaban J connectivity index is 1.76. The molecule has 0 aliphatic rings. The summed E-state index contributed by atoms with van der Waals surface area (Å²) >= 11 is 0. The molecule has 0 saturated carbocycles. The fraction of sp³-hybridized carbons (Fsp3) is 0.267. The molecule has 2 rings (SSSR count). The minimum absolute atomic E-state index is 0.0642. The molecule has 0 aliphatic carbocycles. The number of nitrogens with one attached hydrogen (secondary N) is 2. The first-order valence-corrected chi connectivity index (χ1v) is 6.53. The van der Waals surface area contributed by atoms with Crippen LogP contribution in [0.4, 0.5) is 5.82 Å². The highest BCUT2D eigenvalue weighted by Gasteiger charge is 2.03. The molecule has 2 aromatic rings. The zero-order valence-corrected chi connectivity index (χ0v) is 11.7. The molecule has 0 unspecified atom stereocenters. The van der Waals surface area contributed by atoms with E-state index in [-0.39, 0.29) is 5.91 Å². The lowest BCUT2D eigenvalue weighted by Gasteiger charge is -2.07. The minimum atomic E-state index is -0.0642. The summed E-state index contributed by atoms with van der Waals surface area (Å²) in [5.74, 6) is 1.42. The number of anilines is 1. The third-order valence-electron chi connectivity index (χ3n) is 2.81. The number of amides is 1. The highest BCUT2D eigenvalue weighted by Crippen LogP contribution is 2.03. The molecule has 20 heavy (non-hydrogen) atoms. The third-order valence-corrected chi connectivity index (χ3v) is 2.81. The standard InChI is InChI=1S/C15H18N4O/c1-11-3-5-13(6-4-11)15(20)18-10-9-17-14-7-8-16-12(2)19-14/h3-8H,9-10H2,1-2H3,(H,18,20)(H,16,17,19). The van der Waals surface area contributed by atoms with Gasteiger partial charge in [0.25, 0.3) is 5.91 Å². The summed E-state index contributed by atoms with van der Waals surface area (Å²) < 4.78 is 0. The van der Waals surface area contributed by atoms with Crippen LogP contribution in [-0.2, 0) is 0 Å². The van der Waals surface area contributed by atoms with E-state index in [4.69, 9.17) is 0 Å². The van der Waals surface area contributed by atoms with Crippen molar-refractivity contribution < 1.29 is 4.79 Å². The van der Waals surface area contributed by atoms with Crippen molar-refractivity contribution in [2.24, 2.45) is 0 Å². The van der Waals surface area contributed by atoms with Gasteiger partial charge in [-0.2, -0.15) is 0 Å². The van der Waals surface area contributed by atoms with Crippen molar-refractivity contribution in [2.75, 3.05) is 18.4 Å². The molecule has 1 aromatic heterocycles. The van der Waals surface area contributed by atoms with Crippen molar-refractivity contribution in [3.05, 3.63) is 53.5 Å².